The van der Waals surface area contributed by atoms with Gasteiger partial charge in [-0.3, -0.25) is 0 Å². The smallest absolute Gasteiger partial charge is 0.213 e. The fourth-order valence-corrected chi connectivity index (χ4v) is 2.42. The molecule has 1 aromatic heterocycles. The molecule has 0 unspecified atom stereocenters. The zero-order chi connectivity index (χ0) is 14.8. The molecular weight excluding hydrogens is 268 g/mol. The largest absolute Gasteiger partial charge is 0.548 e. The van der Waals surface area contributed by atoms with E-state index in [1.54, 1.807) is 0 Å². The van der Waals surface area contributed by atoms with Crippen LogP contribution in [0.25, 0.3) is 21.8 Å². The summed E-state index contributed by atoms with van der Waals surface area (Å²) >= 11 is 0. The van der Waals surface area contributed by atoms with Gasteiger partial charge in [-0.05, 0) is 12.1 Å². The van der Waals surface area contributed by atoms with E-state index in [4.69, 9.17) is 0 Å². The molecule has 0 amide bonds. The van der Waals surface area contributed by atoms with E-state index in [1.165, 1.54) is 0 Å². The number of para-hydroxylation sites is 2. The van der Waals surface area contributed by atoms with Crippen molar-refractivity contribution in [1.29, 1.82) is 0 Å². The fraction of sp³-hybridized carbons (Fsp3) is 0.125. The molecule has 5 heteroatoms. The van der Waals surface area contributed by atoms with Crippen molar-refractivity contribution in [3.63, 3.8) is 0 Å². The number of carboxylic acids is 1. The van der Waals surface area contributed by atoms with Gasteiger partial charge in [0.25, 0.3) is 0 Å². The first-order chi connectivity index (χ1) is 10.2. The molecule has 0 aliphatic heterocycles. The van der Waals surface area contributed by atoms with Gasteiger partial charge in [-0.25, -0.2) is 4.98 Å². The first kappa shape index (κ1) is 13.3. The van der Waals surface area contributed by atoms with Crippen LogP contribution in [0.1, 0.15) is 0 Å². The second kappa shape index (κ2) is 5.38. The number of aliphatic carboxylic acids is 1. The highest BCUT2D eigenvalue weighted by molar-refractivity contribution is 6.05. The minimum atomic E-state index is -1.33. The Bertz CT molecular complexity index is 763. The van der Waals surface area contributed by atoms with Gasteiger partial charge in [0.2, 0.25) is 11.0 Å². The second-order valence-corrected chi connectivity index (χ2v) is 4.79. The number of aromatic amines is 1. The van der Waals surface area contributed by atoms with Gasteiger partial charge in [-0.15, -0.1) is 0 Å². The van der Waals surface area contributed by atoms with Crippen molar-refractivity contribution in [2.45, 2.75) is 6.04 Å². The number of nitrogens with one attached hydrogen (secondary N) is 2. The monoisotopic (exact) mass is 282 g/mol. The lowest BCUT2D eigenvalue weighted by Gasteiger charge is -2.19. The van der Waals surface area contributed by atoms with Crippen LogP contribution in [0.3, 0.4) is 0 Å². The molecule has 3 N–H and O–H groups in total. The maximum atomic E-state index is 11.1. The maximum absolute atomic E-state index is 11.1. The van der Waals surface area contributed by atoms with E-state index < -0.39 is 18.6 Å². The number of carbonyl (C=O) groups excluding carboxylic acids is 1. The highest BCUT2D eigenvalue weighted by atomic mass is 16.4. The SMILES string of the molecule is O=C([O-])[C@@H](CO)Nc1c2ccccc2[nH+]c2ccccc12. The van der Waals surface area contributed by atoms with Gasteiger partial charge < -0.3 is 20.3 Å². The molecular formula is C16H14N2O3. The Labute approximate surface area is 120 Å². The Morgan fingerprint density at radius 1 is 1.10 bits per heavy atom. The van der Waals surface area contributed by atoms with Crippen LogP contribution in [0.15, 0.2) is 48.5 Å². The summed E-state index contributed by atoms with van der Waals surface area (Å²) in [6.07, 6.45) is 0. The molecule has 0 radical (unpaired) electrons. The van der Waals surface area contributed by atoms with Crippen LogP contribution in [0.2, 0.25) is 0 Å². The number of carbonyl (C=O) groups is 1. The molecule has 0 saturated carbocycles. The van der Waals surface area contributed by atoms with E-state index >= 15 is 0 Å². The quantitative estimate of drug-likeness (QED) is 0.675. The number of benzene rings is 2. The van der Waals surface area contributed by atoms with Gasteiger partial charge >= 0.3 is 0 Å². The van der Waals surface area contributed by atoms with E-state index in [0.717, 1.165) is 21.8 Å². The first-order valence-electron chi connectivity index (χ1n) is 6.61. The summed E-state index contributed by atoms with van der Waals surface area (Å²) < 4.78 is 0. The molecule has 0 bridgehead atoms. The van der Waals surface area contributed by atoms with Crippen LogP contribution < -0.4 is 15.4 Å². The van der Waals surface area contributed by atoms with Gasteiger partial charge in [-0.1, -0.05) is 24.3 Å². The first-order valence-corrected chi connectivity index (χ1v) is 6.61. The molecule has 2 aromatic carbocycles. The summed E-state index contributed by atoms with van der Waals surface area (Å²) in [5, 5.41) is 24.9. The third-order valence-corrected chi connectivity index (χ3v) is 3.45. The minimum Gasteiger partial charge on any atom is -0.548 e. The standard InChI is InChI=1S/C16H14N2O3/c19-9-14(16(20)21)18-15-10-5-1-3-7-12(10)17-13-8-4-2-6-11(13)15/h1-8,14,19H,9H2,(H,17,18)(H,20,21)/t14-/m1/s1. The number of pyridine rings is 1. The van der Waals surface area contributed by atoms with E-state index in [9.17, 15) is 15.0 Å². The lowest BCUT2D eigenvalue weighted by Crippen LogP contribution is -2.43. The van der Waals surface area contributed by atoms with E-state index in [-0.39, 0.29) is 0 Å². The van der Waals surface area contributed by atoms with Crippen LogP contribution >= 0.6 is 0 Å². The van der Waals surface area contributed by atoms with Crippen molar-refractivity contribution in [2.24, 2.45) is 0 Å². The molecule has 5 nitrogen and oxygen atoms in total. The summed E-state index contributed by atoms with van der Waals surface area (Å²) in [7, 11) is 0. The Morgan fingerprint density at radius 3 is 2.10 bits per heavy atom. The number of anilines is 1. The summed E-state index contributed by atoms with van der Waals surface area (Å²) in [4.78, 5) is 14.4. The molecule has 0 aliphatic carbocycles. The minimum absolute atomic E-state index is 0.538. The molecule has 3 rings (SSSR count). The molecule has 0 spiro atoms. The molecule has 0 fully saturated rings. The summed E-state index contributed by atoms with van der Waals surface area (Å²) in [6, 6.07) is 14.0. The van der Waals surface area contributed by atoms with Crippen molar-refractivity contribution < 1.29 is 20.0 Å². The number of rotatable bonds is 4. The van der Waals surface area contributed by atoms with Crippen LogP contribution in [0, 0.1) is 0 Å². The van der Waals surface area contributed by atoms with E-state index in [0.29, 0.717) is 5.69 Å². The molecule has 1 heterocycles. The van der Waals surface area contributed by atoms with Gasteiger partial charge in [-0.2, -0.15) is 0 Å². The number of fused-ring (bicyclic) bond motifs is 2. The zero-order valence-electron chi connectivity index (χ0n) is 11.2. The Balaban J connectivity index is 2.27. The summed E-state index contributed by atoms with van der Waals surface area (Å²) in [6.45, 7) is -0.538. The van der Waals surface area contributed by atoms with Crippen molar-refractivity contribution in [3.05, 3.63) is 48.5 Å². The van der Waals surface area contributed by atoms with Gasteiger partial charge in [0, 0.05) is 12.1 Å². The summed E-state index contributed by atoms with van der Waals surface area (Å²) in [5.41, 5.74) is 2.44. The predicted molar refractivity (Wildman–Crippen MR) is 77.5 cm³/mol. The van der Waals surface area contributed by atoms with E-state index in [2.05, 4.69) is 10.3 Å². The lowest BCUT2D eigenvalue weighted by atomic mass is 10.1. The number of aromatic nitrogens is 1. The third kappa shape index (κ3) is 2.39. The lowest BCUT2D eigenvalue weighted by molar-refractivity contribution is -0.310. The number of carboxylic acid groups (broad SMARTS) is 1. The fourth-order valence-electron chi connectivity index (χ4n) is 2.42. The predicted octanol–water partition coefficient (Wildman–Crippen LogP) is 0.330. The van der Waals surface area contributed by atoms with Crippen LogP contribution in [0.5, 0.6) is 0 Å². The van der Waals surface area contributed by atoms with Crippen LogP contribution in [-0.2, 0) is 4.79 Å². The molecule has 3 aromatic rings. The van der Waals surface area contributed by atoms with Gasteiger partial charge in [0.05, 0.1) is 35.1 Å². The molecule has 0 saturated heterocycles. The number of hydrogen-bond donors (Lipinski definition) is 2. The highest BCUT2D eigenvalue weighted by Crippen LogP contribution is 2.28. The topological polar surface area (TPSA) is 86.5 Å². The molecule has 1 atom stereocenters. The molecule has 0 aliphatic rings. The van der Waals surface area contributed by atoms with Crippen LogP contribution in [0.4, 0.5) is 5.69 Å². The number of hydrogen-bond acceptors (Lipinski definition) is 4. The van der Waals surface area contributed by atoms with Crippen molar-refractivity contribution in [3.8, 4) is 0 Å². The average molecular weight is 282 g/mol. The zero-order valence-corrected chi connectivity index (χ0v) is 11.2. The number of H-pyrrole nitrogens is 1. The molecule has 106 valence electrons. The maximum Gasteiger partial charge on any atom is 0.213 e. The van der Waals surface area contributed by atoms with Crippen molar-refractivity contribution >= 4 is 33.5 Å². The third-order valence-electron chi connectivity index (χ3n) is 3.45. The molecule has 21 heavy (non-hydrogen) atoms. The van der Waals surface area contributed by atoms with E-state index in [1.807, 2.05) is 48.5 Å². The number of aliphatic hydroxyl groups excluding tert-OH is 1. The van der Waals surface area contributed by atoms with Crippen LogP contribution in [-0.4, -0.2) is 23.7 Å². The Kier molecular flexibility index (Phi) is 3.41. The van der Waals surface area contributed by atoms with Crippen molar-refractivity contribution in [1.82, 2.24) is 0 Å². The summed E-state index contributed by atoms with van der Waals surface area (Å²) in [5.74, 6) is -1.33. The second-order valence-electron chi connectivity index (χ2n) is 4.79. The average Bonchev–Trinajstić information content (AvgIpc) is 2.51. The Hall–Kier alpha value is -2.66. The van der Waals surface area contributed by atoms with Gasteiger partial charge in [0.1, 0.15) is 0 Å². The Morgan fingerprint density at radius 2 is 1.62 bits per heavy atom. The van der Waals surface area contributed by atoms with Crippen molar-refractivity contribution in [2.75, 3.05) is 11.9 Å². The number of aliphatic hydroxyl groups is 1. The van der Waals surface area contributed by atoms with Gasteiger partial charge in [0.15, 0.2) is 0 Å². The normalized spacial score (nSPS) is 12.4. The highest BCUT2D eigenvalue weighted by Gasteiger charge is 2.16.